The molecule has 2 rings (SSSR count). The van der Waals surface area contributed by atoms with Crippen molar-refractivity contribution in [3.05, 3.63) is 11.8 Å². The Labute approximate surface area is 151 Å². The number of likely N-dealkylation sites (N-methyl/N-ethyl adjacent to an activating group) is 1. The van der Waals surface area contributed by atoms with Crippen LogP contribution in [0.1, 0.15) is 33.6 Å². The summed E-state index contributed by atoms with van der Waals surface area (Å²) in [6.07, 6.45) is 3.14. The second-order valence-corrected chi connectivity index (χ2v) is 7.42. The van der Waals surface area contributed by atoms with Crippen molar-refractivity contribution in [3.63, 3.8) is 0 Å². The third-order valence-corrected chi connectivity index (χ3v) is 5.23. The van der Waals surface area contributed by atoms with Gasteiger partial charge in [0.15, 0.2) is 5.76 Å². The maximum atomic E-state index is 12.9. The third-order valence-electron chi connectivity index (χ3n) is 5.23. The monoisotopic (exact) mass is 354 g/mol. The van der Waals surface area contributed by atoms with Crippen molar-refractivity contribution in [2.24, 2.45) is 17.8 Å². The highest BCUT2D eigenvalue weighted by Crippen LogP contribution is 2.37. The van der Waals surface area contributed by atoms with E-state index < -0.39 is 6.29 Å². The van der Waals surface area contributed by atoms with Crippen LogP contribution in [0.3, 0.4) is 0 Å². The fourth-order valence-corrected chi connectivity index (χ4v) is 3.68. The van der Waals surface area contributed by atoms with Gasteiger partial charge in [-0.1, -0.05) is 13.8 Å². The fraction of sp³-hybridized carbons (Fsp3) is 0.842. The molecule has 1 amide bonds. The van der Waals surface area contributed by atoms with Gasteiger partial charge in [-0.05, 0) is 44.7 Å². The number of aliphatic hydroxyl groups excluding tert-OH is 1. The second-order valence-electron chi connectivity index (χ2n) is 7.42. The Morgan fingerprint density at radius 1 is 1.36 bits per heavy atom. The SMILES string of the molecule is CCO[C@H]1OC(C(=O)N2CCN(C)CC2)=C[C@@H](C(C)C)[C@H]1CCCO. The van der Waals surface area contributed by atoms with Crippen molar-refractivity contribution < 1.29 is 19.4 Å². The van der Waals surface area contributed by atoms with E-state index in [-0.39, 0.29) is 24.3 Å². The van der Waals surface area contributed by atoms with Gasteiger partial charge in [0.1, 0.15) is 0 Å². The number of rotatable bonds is 7. The van der Waals surface area contributed by atoms with E-state index in [4.69, 9.17) is 9.47 Å². The van der Waals surface area contributed by atoms with E-state index in [2.05, 4.69) is 25.8 Å². The van der Waals surface area contributed by atoms with Crippen LogP contribution in [0.2, 0.25) is 0 Å². The molecule has 1 N–H and O–H groups in total. The van der Waals surface area contributed by atoms with Gasteiger partial charge in [0.05, 0.1) is 0 Å². The highest BCUT2D eigenvalue weighted by atomic mass is 16.7. The van der Waals surface area contributed by atoms with E-state index in [1.807, 2.05) is 17.9 Å². The molecular formula is C19H34N2O4. The number of hydrogen-bond acceptors (Lipinski definition) is 5. The molecule has 144 valence electrons. The Kier molecular flexibility index (Phi) is 7.72. The fourth-order valence-electron chi connectivity index (χ4n) is 3.68. The average Bonchev–Trinajstić information content (AvgIpc) is 2.60. The van der Waals surface area contributed by atoms with Crippen LogP contribution in [0.15, 0.2) is 11.8 Å². The number of piperazine rings is 1. The number of aliphatic hydroxyl groups is 1. The van der Waals surface area contributed by atoms with Crippen LogP contribution in [0.25, 0.3) is 0 Å². The molecule has 0 aromatic rings. The summed E-state index contributed by atoms with van der Waals surface area (Å²) in [6.45, 7) is 10.2. The molecule has 6 nitrogen and oxygen atoms in total. The Morgan fingerprint density at radius 3 is 2.60 bits per heavy atom. The van der Waals surface area contributed by atoms with Crippen molar-refractivity contribution in [3.8, 4) is 0 Å². The Balaban J connectivity index is 2.17. The molecule has 0 spiro atoms. The zero-order chi connectivity index (χ0) is 18.4. The summed E-state index contributed by atoms with van der Waals surface area (Å²) in [5.41, 5.74) is 0. The normalized spacial score (nSPS) is 28.0. The molecule has 0 aliphatic carbocycles. The highest BCUT2D eigenvalue weighted by molar-refractivity contribution is 5.91. The maximum absolute atomic E-state index is 12.9. The van der Waals surface area contributed by atoms with Gasteiger partial charge in [-0.25, -0.2) is 0 Å². The molecule has 2 aliphatic heterocycles. The molecule has 2 aliphatic rings. The summed E-state index contributed by atoms with van der Waals surface area (Å²) in [7, 11) is 2.07. The van der Waals surface area contributed by atoms with Gasteiger partial charge in [0.25, 0.3) is 5.91 Å². The molecule has 2 heterocycles. The van der Waals surface area contributed by atoms with Gasteiger partial charge in [-0.15, -0.1) is 0 Å². The summed E-state index contributed by atoms with van der Waals surface area (Å²) in [4.78, 5) is 17.0. The number of carbonyl (C=O) groups excluding carboxylic acids is 1. The van der Waals surface area contributed by atoms with Gasteiger partial charge < -0.3 is 24.4 Å². The average molecular weight is 354 g/mol. The van der Waals surface area contributed by atoms with E-state index in [0.29, 0.717) is 18.3 Å². The quantitative estimate of drug-likeness (QED) is 0.754. The lowest BCUT2D eigenvalue weighted by atomic mass is 9.78. The van der Waals surface area contributed by atoms with Crippen LogP contribution < -0.4 is 0 Å². The van der Waals surface area contributed by atoms with Crippen molar-refractivity contribution in [2.75, 3.05) is 46.4 Å². The standard InChI is InChI=1S/C19H34N2O4/c1-5-24-19-15(7-6-12-22)16(14(2)3)13-17(25-19)18(23)21-10-8-20(4)9-11-21/h13-16,19,22H,5-12H2,1-4H3/t15-,16+,19+/m1/s1. The van der Waals surface area contributed by atoms with Crippen LogP contribution in [-0.2, 0) is 14.3 Å². The predicted molar refractivity (Wildman–Crippen MR) is 96.8 cm³/mol. The number of amides is 1. The summed E-state index contributed by atoms with van der Waals surface area (Å²) in [5, 5.41) is 9.21. The smallest absolute Gasteiger partial charge is 0.288 e. The largest absolute Gasteiger partial charge is 0.459 e. The highest BCUT2D eigenvalue weighted by Gasteiger charge is 2.39. The van der Waals surface area contributed by atoms with Gasteiger partial charge in [-0.3, -0.25) is 4.79 Å². The predicted octanol–water partition coefficient (Wildman–Crippen LogP) is 1.70. The van der Waals surface area contributed by atoms with E-state index >= 15 is 0 Å². The van der Waals surface area contributed by atoms with E-state index in [0.717, 1.165) is 39.0 Å². The zero-order valence-electron chi connectivity index (χ0n) is 16.1. The molecule has 0 bridgehead atoms. The van der Waals surface area contributed by atoms with E-state index in [1.54, 1.807) is 0 Å². The Morgan fingerprint density at radius 2 is 2.04 bits per heavy atom. The maximum Gasteiger partial charge on any atom is 0.288 e. The lowest BCUT2D eigenvalue weighted by Gasteiger charge is -2.40. The molecule has 1 saturated heterocycles. The Bertz CT molecular complexity index is 458. The number of ether oxygens (including phenoxy) is 2. The van der Waals surface area contributed by atoms with Crippen molar-refractivity contribution in [1.29, 1.82) is 0 Å². The topological polar surface area (TPSA) is 62.2 Å². The molecule has 0 aromatic heterocycles. The van der Waals surface area contributed by atoms with Gasteiger partial charge in [-0.2, -0.15) is 0 Å². The molecule has 0 aromatic carbocycles. The molecule has 0 saturated carbocycles. The first-order valence-electron chi connectivity index (χ1n) is 9.56. The summed E-state index contributed by atoms with van der Waals surface area (Å²) in [5.74, 6) is 1.16. The van der Waals surface area contributed by atoms with Gasteiger partial charge in [0.2, 0.25) is 6.29 Å². The molecule has 25 heavy (non-hydrogen) atoms. The lowest BCUT2D eigenvalue weighted by Crippen LogP contribution is -2.49. The van der Waals surface area contributed by atoms with Crippen LogP contribution in [-0.4, -0.2) is 73.5 Å². The van der Waals surface area contributed by atoms with Gasteiger partial charge >= 0.3 is 0 Å². The number of carbonyl (C=O) groups is 1. The van der Waals surface area contributed by atoms with Crippen LogP contribution in [0.4, 0.5) is 0 Å². The number of hydrogen-bond donors (Lipinski definition) is 1. The lowest BCUT2D eigenvalue weighted by molar-refractivity contribution is -0.178. The minimum Gasteiger partial charge on any atom is -0.459 e. The van der Waals surface area contributed by atoms with Crippen LogP contribution in [0.5, 0.6) is 0 Å². The number of allylic oxidation sites excluding steroid dienone is 1. The Hall–Kier alpha value is -1.11. The summed E-state index contributed by atoms with van der Waals surface area (Å²) < 4.78 is 11.8. The second kappa shape index (κ2) is 9.55. The van der Waals surface area contributed by atoms with Crippen molar-refractivity contribution in [2.45, 2.75) is 39.9 Å². The van der Waals surface area contributed by atoms with E-state index in [1.165, 1.54) is 0 Å². The molecule has 0 radical (unpaired) electrons. The van der Waals surface area contributed by atoms with Crippen molar-refractivity contribution in [1.82, 2.24) is 9.80 Å². The molecule has 1 fully saturated rings. The molecule has 0 unspecified atom stereocenters. The third kappa shape index (κ3) is 5.19. The van der Waals surface area contributed by atoms with Crippen molar-refractivity contribution >= 4 is 5.91 Å². The number of nitrogens with zero attached hydrogens (tertiary/aromatic N) is 2. The van der Waals surface area contributed by atoms with E-state index in [9.17, 15) is 9.90 Å². The first kappa shape index (κ1) is 20.2. The summed E-state index contributed by atoms with van der Waals surface area (Å²) in [6, 6.07) is 0. The summed E-state index contributed by atoms with van der Waals surface area (Å²) >= 11 is 0. The van der Waals surface area contributed by atoms with Gasteiger partial charge in [0, 0.05) is 45.3 Å². The minimum absolute atomic E-state index is 0.0240. The van der Waals surface area contributed by atoms with Crippen LogP contribution >= 0.6 is 0 Å². The molecule has 6 heteroatoms. The molecule has 3 atom stereocenters. The first-order chi connectivity index (χ1) is 12.0. The zero-order valence-corrected chi connectivity index (χ0v) is 16.1. The minimum atomic E-state index is -0.416. The first-order valence-corrected chi connectivity index (χ1v) is 9.56. The van der Waals surface area contributed by atoms with Crippen LogP contribution in [0, 0.1) is 17.8 Å². The molecular weight excluding hydrogens is 320 g/mol.